The van der Waals surface area contributed by atoms with Gasteiger partial charge in [0.2, 0.25) is 0 Å². The third-order valence-electron chi connectivity index (χ3n) is 3.72. The lowest BCUT2D eigenvalue weighted by atomic mass is 9.87. The van der Waals surface area contributed by atoms with Gasteiger partial charge in [0.25, 0.3) is 0 Å². The number of ether oxygens (including phenoxy) is 2. The van der Waals surface area contributed by atoms with Gasteiger partial charge >= 0.3 is 0 Å². The van der Waals surface area contributed by atoms with Crippen LogP contribution in [-0.2, 0) is 11.2 Å². The number of hydrogen-bond donors (Lipinski definition) is 1. The lowest BCUT2D eigenvalue weighted by molar-refractivity contribution is 0.113. The topological polar surface area (TPSA) is 30.5 Å². The molecule has 2 atom stereocenters. The van der Waals surface area contributed by atoms with Crippen molar-refractivity contribution in [2.45, 2.75) is 38.3 Å². The molecule has 3 heteroatoms. The van der Waals surface area contributed by atoms with Gasteiger partial charge in [-0.05, 0) is 49.4 Å². The van der Waals surface area contributed by atoms with E-state index >= 15 is 0 Å². The summed E-state index contributed by atoms with van der Waals surface area (Å²) in [5, 5.41) is 3.60. The van der Waals surface area contributed by atoms with Crippen LogP contribution in [0.5, 0.6) is 5.75 Å². The first-order chi connectivity index (χ1) is 8.74. The maximum Gasteiger partial charge on any atom is 0.119 e. The van der Waals surface area contributed by atoms with E-state index in [4.69, 9.17) is 9.47 Å². The van der Waals surface area contributed by atoms with Gasteiger partial charge in [-0.2, -0.15) is 0 Å². The summed E-state index contributed by atoms with van der Waals surface area (Å²) < 4.78 is 10.6. The Morgan fingerprint density at radius 2 is 2.22 bits per heavy atom. The summed E-state index contributed by atoms with van der Waals surface area (Å²) in [5.41, 5.74) is 2.84. The summed E-state index contributed by atoms with van der Waals surface area (Å²) in [5.74, 6) is 0.958. The van der Waals surface area contributed by atoms with Crippen LogP contribution >= 0.6 is 0 Å². The fourth-order valence-electron chi connectivity index (χ4n) is 2.52. The Kier molecular flexibility index (Phi) is 4.61. The molecule has 0 amide bonds. The molecule has 0 saturated heterocycles. The molecule has 2 unspecified atom stereocenters. The monoisotopic (exact) mass is 249 g/mol. The van der Waals surface area contributed by atoms with Crippen LogP contribution in [0, 0.1) is 0 Å². The Balaban J connectivity index is 2.08. The number of aryl methyl sites for hydroxylation is 1. The zero-order chi connectivity index (χ0) is 13.0. The molecule has 0 bridgehead atoms. The molecule has 1 aliphatic rings. The molecular weight excluding hydrogens is 226 g/mol. The van der Waals surface area contributed by atoms with Gasteiger partial charge in [-0.3, -0.25) is 0 Å². The highest BCUT2D eigenvalue weighted by Crippen LogP contribution is 2.32. The standard InChI is InChI=1S/C15H23NO2/c1-11(17-2)10-16-15-6-4-5-12-9-13(18-3)7-8-14(12)15/h7-9,11,15-16H,4-6,10H2,1-3H3. The van der Waals surface area contributed by atoms with E-state index in [0.29, 0.717) is 6.04 Å². The Morgan fingerprint density at radius 1 is 1.39 bits per heavy atom. The molecule has 2 rings (SSSR count). The van der Waals surface area contributed by atoms with E-state index in [1.165, 1.54) is 24.0 Å². The second-order valence-corrected chi connectivity index (χ2v) is 4.96. The Bertz CT molecular complexity index is 392. The first kappa shape index (κ1) is 13.4. The van der Waals surface area contributed by atoms with Crippen molar-refractivity contribution in [2.75, 3.05) is 20.8 Å². The third-order valence-corrected chi connectivity index (χ3v) is 3.72. The summed E-state index contributed by atoms with van der Waals surface area (Å²) in [6.45, 7) is 2.98. The molecule has 0 aliphatic heterocycles. The van der Waals surface area contributed by atoms with Crippen molar-refractivity contribution in [3.63, 3.8) is 0 Å². The predicted molar refractivity (Wildman–Crippen MR) is 73.1 cm³/mol. The molecule has 0 radical (unpaired) electrons. The van der Waals surface area contributed by atoms with Crippen LogP contribution < -0.4 is 10.1 Å². The molecular formula is C15H23NO2. The molecule has 18 heavy (non-hydrogen) atoms. The molecule has 0 aromatic heterocycles. The van der Waals surface area contributed by atoms with Crippen LogP contribution in [-0.4, -0.2) is 26.9 Å². The predicted octanol–water partition coefficient (Wildman–Crippen LogP) is 2.70. The summed E-state index contributed by atoms with van der Waals surface area (Å²) in [6.07, 6.45) is 3.85. The third kappa shape index (κ3) is 3.03. The van der Waals surface area contributed by atoms with Gasteiger partial charge in [0, 0.05) is 19.7 Å². The van der Waals surface area contributed by atoms with Crippen molar-refractivity contribution in [3.05, 3.63) is 29.3 Å². The van der Waals surface area contributed by atoms with Crippen LogP contribution in [0.2, 0.25) is 0 Å². The average Bonchev–Trinajstić information content (AvgIpc) is 2.43. The summed E-state index contributed by atoms with van der Waals surface area (Å²) >= 11 is 0. The molecule has 1 aromatic carbocycles. The lowest BCUT2D eigenvalue weighted by Crippen LogP contribution is -2.31. The zero-order valence-electron chi connectivity index (χ0n) is 11.5. The summed E-state index contributed by atoms with van der Waals surface area (Å²) in [7, 11) is 3.48. The van der Waals surface area contributed by atoms with Crippen LogP contribution in [0.3, 0.4) is 0 Å². The molecule has 1 aromatic rings. The largest absolute Gasteiger partial charge is 0.497 e. The highest BCUT2D eigenvalue weighted by molar-refractivity contribution is 5.39. The molecule has 0 saturated carbocycles. The van der Waals surface area contributed by atoms with Gasteiger partial charge in [-0.25, -0.2) is 0 Å². The van der Waals surface area contributed by atoms with Gasteiger partial charge in [-0.15, -0.1) is 0 Å². The second kappa shape index (κ2) is 6.21. The quantitative estimate of drug-likeness (QED) is 0.870. The van der Waals surface area contributed by atoms with E-state index in [0.717, 1.165) is 18.7 Å². The van der Waals surface area contributed by atoms with Gasteiger partial charge in [0.15, 0.2) is 0 Å². The molecule has 1 N–H and O–H groups in total. The van der Waals surface area contributed by atoms with Gasteiger partial charge in [-0.1, -0.05) is 6.07 Å². The van der Waals surface area contributed by atoms with E-state index in [9.17, 15) is 0 Å². The van der Waals surface area contributed by atoms with Gasteiger partial charge in [0.05, 0.1) is 13.2 Å². The second-order valence-electron chi connectivity index (χ2n) is 4.96. The molecule has 100 valence electrons. The van der Waals surface area contributed by atoms with E-state index in [2.05, 4.69) is 30.4 Å². The average molecular weight is 249 g/mol. The number of benzene rings is 1. The number of hydrogen-bond acceptors (Lipinski definition) is 3. The minimum Gasteiger partial charge on any atom is -0.497 e. The van der Waals surface area contributed by atoms with Crippen molar-refractivity contribution in [1.82, 2.24) is 5.32 Å². The fraction of sp³-hybridized carbons (Fsp3) is 0.600. The van der Waals surface area contributed by atoms with E-state index < -0.39 is 0 Å². The Labute approximate surface area is 109 Å². The van der Waals surface area contributed by atoms with E-state index in [1.54, 1.807) is 14.2 Å². The number of fused-ring (bicyclic) bond motifs is 1. The van der Waals surface area contributed by atoms with Crippen molar-refractivity contribution < 1.29 is 9.47 Å². The minimum atomic E-state index is 0.258. The van der Waals surface area contributed by atoms with Gasteiger partial charge < -0.3 is 14.8 Å². The van der Waals surface area contributed by atoms with E-state index in [-0.39, 0.29) is 6.10 Å². The normalized spacial score (nSPS) is 20.3. The van der Waals surface area contributed by atoms with Crippen molar-refractivity contribution in [3.8, 4) is 5.75 Å². The first-order valence-electron chi connectivity index (χ1n) is 6.67. The lowest BCUT2D eigenvalue weighted by Gasteiger charge is -2.27. The van der Waals surface area contributed by atoms with Crippen molar-refractivity contribution >= 4 is 0 Å². The van der Waals surface area contributed by atoms with Crippen LogP contribution in [0.25, 0.3) is 0 Å². The Hall–Kier alpha value is -1.06. The number of methoxy groups -OCH3 is 2. The highest BCUT2D eigenvalue weighted by Gasteiger charge is 2.20. The first-order valence-corrected chi connectivity index (χ1v) is 6.67. The summed E-state index contributed by atoms with van der Waals surface area (Å²) in [4.78, 5) is 0. The zero-order valence-corrected chi connectivity index (χ0v) is 11.5. The molecule has 0 heterocycles. The maximum atomic E-state index is 5.29. The van der Waals surface area contributed by atoms with Gasteiger partial charge in [0.1, 0.15) is 5.75 Å². The number of rotatable bonds is 5. The summed E-state index contributed by atoms with van der Waals surface area (Å²) in [6, 6.07) is 6.88. The smallest absolute Gasteiger partial charge is 0.119 e. The van der Waals surface area contributed by atoms with Crippen molar-refractivity contribution in [2.24, 2.45) is 0 Å². The minimum absolute atomic E-state index is 0.258. The molecule has 3 nitrogen and oxygen atoms in total. The number of nitrogens with one attached hydrogen (secondary N) is 1. The molecule has 0 spiro atoms. The SMILES string of the molecule is COc1ccc2c(c1)CCCC2NCC(C)OC. The van der Waals surface area contributed by atoms with E-state index in [1.807, 2.05) is 0 Å². The fourth-order valence-corrected chi connectivity index (χ4v) is 2.52. The maximum absolute atomic E-state index is 5.29. The van der Waals surface area contributed by atoms with Crippen LogP contribution in [0.4, 0.5) is 0 Å². The Morgan fingerprint density at radius 3 is 2.94 bits per heavy atom. The molecule has 0 fully saturated rings. The van der Waals surface area contributed by atoms with Crippen LogP contribution in [0.15, 0.2) is 18.2 Å². The van der Waals surface area contributed by atoms with Crippen molar-refractivity contribution in [1.29, 1.82) is 0 Å². The molecule has 1 aliphatic carbocycles. The highest BCUT2D eigenvalue weighted by atomic mass is 16.5. The van der Waals surface area contributed by atoms with Crippen LogP contribution in [0.1, 0.15) is 36.9 Å².